The van der Waals surface area contributed by atoms with Crippen LogP contribution in [0.2, 0.25) is 0 Å². The maximum absolute atomic E-state index is 12.4. The molecule has 2 nitrogen and oxygen atoms in total. The molecule has 0 unspecified atom stereocenters. The van der Waals surface area contributed by atoms with Gasteiger partial charge in [0.15, 0.2) is 0 Å². The second-order valence-corrected chi connectivity index (χ2v) is 1.95. The third-order valence-corrected chi connectivity index (χ3v) is 1.09. The van der Waals surface area contributed by atoms with Crippen LogP contribution >= 0.6 is 12.4 Å². The molecule has 1 aromatic carbocycles. The first-order valence-corrected chi connectivity index (χ1v) is 2.86. The Bertz CT molecular complexity index is 270. The fourth-order valence-electron chi connectivity index (χ4n) is 0.716. The van der Waals surface area contributed by atoms with Gasteiger partial charge in [-0.2, -0.15) is 0 Å². The van der Waals surface area contributed by atoms with Gasteiger partial charge >= 0.3 is 0 Å². The van der Waals surface area contributed by atoms with Crippen molar-refractivity contribution < 1.29 is 14.0 Å². The van der Waals surface area contributed by atoms with E-state index in [1.807, 2.05) is 0 Å². The van der Waals surface area contributed by atoms with Crippen LogP contribution in [0.15, 0.2) is 23.4 Å². The molecule has 0 amide bonds. The van der Waals surface area contributed by atoms with Gasteiger partial charge in [0.05, 0.1) is 6.21 Å². The van der Waals surface area contributed by atoms with Gasteiger partial charge in [-0.1, -0.05) is 5.16 Å². The van der Waals surface area contributed by atoms with Crippen molar-refractivity contribution in [2.45, 2.75) is 0 Å². The highest BCUT2D eigenvalue weighted by Crippen LogP contribution is 2.05. The molecule has 0 aromatic heterocycles. The number of oxime groups is 1. The van der Waals surface area contributed by atoms with E-state index in [1.54, 1.807) is 0 Å². The Balaban J connectivity index is 0.00000121. The van der Waals surface area contributed by atoms with Gasteiger partial charge in [0.25, 0.3) is 0 Å². The van der Waals surface area contributed by atoms with Gasteiger partial charge in [0.1, 0.15) is 11.6 Å². The van der Waals surface area contributed by atoms with Crippen molar-refractivity contribution in [1.29, 1.82) is 0 Å². The predicted molar refractivity (Wildman–Crippen MR) is 43.0 cm³/mol. The summed E-state index contributed by atoms with van der Waals surface area (Å²) in [6, 6.07) is 2.86. The van der Waals surface area contributed by atoms with E-state index in [0.717, 1.165) is 24.4 Å². The summed E-state index contributed by atoms with van der Waals surface area (Å²) in [6.45, 7) is 0. The topological polar surface area (TPSA) is 32.6 Å². The monoisotopic (exact) mass is 193 g/mol. The third-order valence-electron chi connectivity index (χ3n) is 1.09. The molecule has 0 atom stereocenters. The van der Waals surface area contributed by atoms with Gasteiger partial charge in [-0.05, 0) is 12.1 Å². The average molecular weight is 194 g/mol. The Morgan fingerprint density at radius 1 is 1.17 bits per heavy atom. The second-order valence-electron chi connectivity index (χ2n) is 1.95. The Morgan fingerprint density at radius 2 is 1.67 bits per heavy atom. The zero-order valence-corrected chi connectivity index (χ0v) is 6.68. The van der Waals surface area contributed by atoms with Crippen LogP contribution in [-0.4, -0.2) is 11.4 Å². The fourth-order valence-corrected chi connectivity index (χ4v) is 0.716. The summed E-state index contributed by atoms with van der Waals surface area (Å²) in [4.78, 5) is 0. The van der Waals surface area contributed by atoms with Gasteiger partial charge in [0, 0.05) is 11.6 Å². The lowest BCUT2D eigenvalue weighted by molar-refractivity contribution is 0.322. The number of nitrogens with zero attached hydrogens (tertiary/aromatic N) is 1. The lowest BCUT2D eigenvalue weighted by Gasteiger charge is -1.92. The first-order chi connectivity index (χ1) is 5.22. The minimum atomic E-state index is -0.695. The van der Waals surface area contributed by atoms with E-state index >= 15 is 0 Å². The van der Waals surface area contributed by atoms with Crippen LogP contribution in [0.25, 0.3) is 0 Å². The van der Waals surface area contributed by atoms with E-state index in [2.05, 4.69) is 5.16 Å². The number of hydrogen-bond acceptors (Lipinski definition) is 2. The van der Waals surface area contributed by atoms with Crippen LogP contribution in [-0.2, 0) is 0 Å². The maximum atomic E-state index is 12.4. The Morgan fingerprint density at radius 3 is 2.08 bits per heavy atom. The average Bonchev–Trinajstić information content (AvgIpc) is 1.85. The predicted octanol–water partition coefficient (Wildman–Crippen LogP) is 2.19. The van der Waals surface area contributed by atoms with Crippen LogP contribution in [0, 0.1) is 11.6 Å². The SMILES string of the molecule is Cl.ON=Cc1cc(F)cc(F)c1. The summed E-state index contributed by atoms with van der Waals surface area (Å²) >= 11 is 0. The van der Waals surface area contributed by atoms with Crippen molar-refractivity contribution in [3.63, 3.8) is 0 Å². The molecule has 0 aliphatic heterocycles. The first kappa shape index (κ1) is 10.8. The van der Waals surface area contributed by atoms with Crippen LogP contribution < -0.4 is 0 Å². The van der Waals surface area contributed by atoms with Gasteiger partial charge in [0.2, 0.25) is 0 Å². The van der Waals surface area contributed by atoms with Crippen molar-refractivity contribution in [3.8, 4) is 0 Å². The number of hydrogen-bond donors (Lipinski definition) is 1. The summed E-state index contributed by atoms with van der Waals surface area (Å²) in [7, 11) is 0. The number of benzene rings is 1. The summed E-state index contributed by atoms with van der Waals surface area (Å²) in [6.07, 6.45) is 0.951. The molecular formula is C7H6ClF2NO. The molecular weight excluding hydrogens is 188 g/mol. The molecule has 1 aromatic rings. The van der Waals surface area contributed by atoms with Crippen molar-refractivity contribution in [3.05, 3.63) is 35.4 Å². The van der Waals surface area contributed by atoms with Crippen LogP contribution in [0.4, 0.5) is 8.78 Å². The highest BCUT2D eigenvalue weighted by Gasteiger charge is 1.97. The first-order valence-electron chi connectivity index (χ1n) is 2.86. The Labute approximate surface area is 73.9 Å². The van der Waals surface area contributed by atoms with E-state index in [-0.39, 0.29) is 18.0 Å². The van der Waals surface area contributed by atoms with E-state index in [1.165, 1.54) is 0 Å². The zero-order chi connectivity index (χ0) is 8.27. The Kier molecular flexibility index (Phi) is 4.21. The molecule has 0 saturated carbocycles. The number of halogens is 3. The highest BCUT2D eigenvalue weighted by molar-refractivity contribution is 5.85. The highest BCUT2D eigenvalue weighted by atomic mass is 35.5. The summed E-state index contributed by atoms with van der Waals surface area (Å²) in [5, 5.41) is 10.7. The molecule has 0 heterocycles. The molecule has 0 radical (unpaired) electrons. The van der Waals surface area contributed by atoms with E-state index in [4.69, 9.17) is 5.21 Å². The molecule has 0 aliphatic rings. The molecule has 0 spiro atoms. The summed E-state index contributed by atoms with van der Waals surface area (Å²) in [5.74, 6) is -1.39. The number of rotatable bonds is 1. The molecule has 0 bridgehead atoms. The van der Waals surface area contributed by atoms with Crippen LogP contribution in [0.3, 0.4) is 0 Å². The van der Waals surface area contributed by atoms with Crippen LogP contribution in [0.5, 0.6) is 0 Å². The van der Waals surface area contributed by atoms with Gasteiger partial charge in [-0.3, -0.25) is 0 Å². The zero-order valence-electron chi connectivity index (χ0n) is 5.87. The fraction of sp³-hybridized carbons (Fsp3) is 0. The minimum absolute atomic E-state index is 0. The molecule has 1 N–H and O–H groups in total. The molecule has 0 fully saturated rings. The van der Waals surface area contributed by atoms with E-state index in [9.17, 15) is 8.78 Å². The smallest absolute Gasteiger partial charge is 0.126 e. The van der Waals surface area contributed by atoms with Crippen molar-refractivity contribution in [2.24, 2.45) is 5.16 Å². The molecule has 66 valence electrons. The second kappa shape index (κ2) is 4.66. The largest absolute Gasteiger partial charge is 0.411 e. The molecule has 12 heavy (non-hydrogen) atoms. The lowest BCUT2D eigenvalue weighted by Crippen LogP contribution is -1.86. The van der Waals surface area contributed by atoms with E-state index < -0.39 is 11.6 Å². The van der Waals surface area contributed by atoms with Gasteiger partial charge in [-0.25, -0.2) is 8.78 Å². The van der Waals surface area contributed by atoms with Crippen LogP contribution in [0.1, 0.15) is 5.56 Å². The molecule has 0 saturated heterocycles. The molecule has 0 aliphatic carbocycles. The quantitative estimate of drug-likeness (QED) is 0.414. The van der Waals surface area contributed by atoms with E-state index in [0.29, 0.717) is 0 Å². The normalized spacial score (nSPS) is 9.83. The third kappa shape index (κ3) is 2.84. The Hall–Kier alpha value is -1.16. The lowest BCUT2D eigenvalue weighted by atomic mass is 10.2. The molecule has 1 rings (SSSR count). The summed E-state index contributed by atoms with van der Waals surface area (Å²) < 4.78 is 24.7. The van der Waals surface area contributed by atoms with Crippen molar-refractivity contribution in [1.82, 2.24) is 0 Å². The van der Waals surface area contributed by atoms with Crippen molar-refractivity contribution >= 4 is 18.6 Å². The maximum Gasteiger partial charge on any atom is 0.126 e. The standard InChI is InChI=1S/C7H5F2NO.ClH/c8-6-1-5(4-10-11)2-7(9)3-6;/h1-4,11H;1H. The summed E-state index contributed by atoms with van der Waals surface area (Å²) in [5.41, 5.74) is 0.185. The molecule has 5 heteroatoms. The van der Waals surface area contributed by atoms with Gasteiger partial charge in [-0.15, -0.1) is 12.4 Å². The minimum Gasteiger partial charge on any atom is -0.411 e. The van der Waals surface area contributed by atoms with Gasteiger partial charge < -0.3 is 5.21 Å². The van der Waals surface area contributed by atoms with Crippen molar-refractivity contribution in [2.75, 3.05) is 0 Å².